The number of piperidine rings is 1. The average Bonchev–Trinajstić information content (AvgIpc) is 2.43. The molecular weight excluding hydrogens is 228 g/mol. The maximum absolute atomic E-state index is 5.46. The first-order valence-corrected chi connectivity index (χ1v) is 6.66. The zero-order chi connectivity index (χ0) is 13.0. The summed E-state index contributed by atoms with van der Waals surface area (Å²) in [6.07, 6.45) is 6.61. The maximum atomic E-state index is 5.46. The Morgan fingerprint density at radius 3 is 2.56 bits per heavy atom. The largest absolute Gasteiger partial charge is 0.370 e. The molecule has 0 radical (unpaired) electrons. The molecule has 4 nitrogen and oxygen atoms in total. The second kappa shape index (κ2) is 6.36. The van der Waals surface area contributed by atoms with Crippen molar-refractivity contribution in [3.05, 3.63) is 23.4 Å². The first-order valence-electron chi connectivity index (χ1n) is 6.66. The molecule has 1 saturated heterocycles. The normalized spacial score (nSPS) is 22.1. The summed E-state index contributed by atoms with van der Waals surface area (Å²) in [6, 6.07) is 0. The molecule has 0 bridgehead atoms. The van der Waals surface area contributed by atoms with Gasteiger partial charge in [-0.15, -0.1) is 0 Å². The van der Waals surface area contributed by atoms with Crippen molar-refractivity contribution in [1.29, 1.82) is 0 Å². The van der Waals surface area contributed by atoms with Crippen molar-refractivity contribution in [3.8, 4) is 0 Å². The molecule has 0 spiro atoms. The summed E-state index contributed by atoms with van der Waals surface area (Å²) >= 11 is 0. The number of ether oxygens (including phenoxy) is 2. The molecule has 4 heteroatoms. The zero-order valence-corrected chi connectivity index (χ0v) is 11.6. The third kappa shape index (κ3) is 2.76. The topological polar surface area (TPSA) is 33.7 Å². The quantitative estimate of drug-likeness (QED) is 0.766. The monoisotopic (exact) mass is 252 g/mol. The molecule has 0 aliphatic carbocycles. The zero-order valence-electron chi connectivity index (χ0n) is 11.6. The Bertz CT molecular complexity index is 329. The summed E-state index contributed by atoms with van der Waals surface area (Å²) in [5.41, 5.74) is 2.58. The van der Waals surface area contributed by atoms with Gasteiger partial charge in [-0.25, -0.2) is 0 Å². The lowest BCUT2D eigenvalue weighted by atomic mass is 9.86. The van der Waals surface area contributed by atoms with Crippen LogP contribution in [0, 0.1) is 5.92 Å². The highest BCUT2D eigenvalue weighted by molar-refractivity contribution is 5.33. The molecule has 2 aliphatic rings. The Labute approximate surface area is 110 Å². The minimum Gasteiger partial charge on any atom is -0.370 e. The highest BCUT2D eigenvalue weighted by Crippen LogP contribution is 2.31. The number of rotatable bonds is 4. The van der Waals surface area contributed by atoms with E-state index in [1.165, 1.54) is 24.1 Å². The van der Waals surface area contributed by atoms with Crippen molar-refractivity contribution in [3.63, 3.8) is 0 Å². The number of hydrogen-bond acceptors (Lipinski definition) is 4. The Morgan fingerprint density at radius 1 is 1.28 bits per heavy atom. The van der Waals surface area contributed by atoms with Gasteiger partial charge in [0.1, 0.15) is 0 Å². The van der Waals surface area contributed by atoms with Crippen LogP contribution in [0.2, 0.25) is 0 Å². The summed E-state index contributed by atoms with van der Waals surface area (Å²) < 4.78 is 10.9. The summed E-state index contributed by atoms with van der Waals surface area (Å²) in [4.78, 5) is 2.23. The number of methoxy groups -OCH3 is 2. The van der Waals surface area contributed by atoms with Crippen molar-refractivity contribution in [2.45, 2.75) is 19.1 Å². The van der Waals surface area contributed by atoms with Crippen LogP contribution in [-0.2, 0) is 9.47 Å². The molecule has 0 aromatic heterocycles. The van der Waals surface area contributed by atoms with E-state index < -0.39 is 0 Å². The summed E-state index contributed by atoms with van der Waals surface area (Å²) in [7, 11) is 5.51. The number of nitrogens with one attached hydrogen (secondary N) is 1. The molecule has 0 saturated carbocycles. The predicted molar refractivity (Wildman–Crippen MR) is 72.2 cm³/mol. The molecule has 1 fully saturated rings. The van der Waals surface area contributed by atoms with Gasteiger partial charge in [-0.1, -0.05) is 12.2 Å². The van der Waals surface area contributed by atoms with Gasteiger partial charge in [-0.2, -0.15) is 0 Å². The number of likely N-dealkylation sites (N-methyl/N-ethyl adjacent to an activating group) is 1. The van der Waals surface area contributed by atoms with E-state index in [-0.39, 0.29) is 6.29 Å². The van der Waals surface area contributed by atoms with Gasteiger partial charge in [0.2, 0.25) is 0 Å². The first kappa shape index (κ1) is 13.6. The minimum atomic E-state index is -0.259. The molecule has 2 heterocycles. The molecule has 18 heavy (non-hydrogen) atoms. The Kier molecular flexibility index (Phi) is 4.80. The second-order valence-electron chi connectivity index (χ2n) is 4.95. The fourth-order valence-electron chi connectivity index (χ4n) is 2.86. The maximum Gasteiger partial charge on any atom is 0.198 e. The summed E-state index contributed by atoms with van der Waals surface area (Å²) in [6.45, 7) is 3.13. The van der Waals surface area contributed by atoms with Gasteiger partial charge in [-0.3, -0.25) is 0 Å². The highest BCUT2D eigenvalue weighted by atomic mass is 16.7. The molecule has 0 atom stereocenters. The van der Waals surface area contributed by atoms with Crippen LogP contribution in [0.3, 0.4) is 0 Å². The van der Waals surface area contributed by atoms with E-state index >= 15 is 0 Å². The molecule has 2 rings (SSSR count). The molecule has 0 amide bonds. The third-order valence-electron chi connectivity index (χ3n) is 3.81. The van der Waals surface area contributed by atoms with Gasteiger partial charge in [0.15, 0.2) is 6.29 Å². The lowest BCUT2D eigenvalue weighted by Crippen LogP contribution is -2.36. The lowest BCUT2D eigenvalue weighted by Gasteiger charge is -2.35. The van der Waals surface area contributed by atoms with E-state index in [9.17, 15) is 0 Å². The molecule has 2 aliphatic heterocycles. The SMILES string of the molecule is COC(OC)C1=C(C2CCNCC2)C=CCN1C. The van der Waals surface area contributed by atoms with Gasteiger partial charge in [0.25, 0.3) is 0 Å². The van der Waals surface area contributed by atoms with E-state index in [0.717, 1.165) is 19.6 Å². The number of hydrogen-bond donors (Lipinski definition) is 1. The standard InChI is InChI=1S/C14H24N2O2/c1-16-10-4-5-12(11-6-8-15-9-7-11)13(16)14(17-2)18-3/h4-5,11,14-15H,6-10H2,1-3H3. The summed E-state index contributed by atoms with van der Waals surface area (Å²) in [5.74, 6) is 0.619. The van der Waals surface area contributed by atoms with Crippen LogP contribution >= 0.6 is 0 Å². The molecule has 102 valence electrons. The van der Waals surface area contributed by atoms with Crippen LogP contribution in [0.4, 0.5) is 0 Å². The van der Waals surface area contributed by atoms with Crippen molar-refractivity contribution in [1.82, 2.24) is 10.2 Å². The van der Waals surface area contributed by atoms with Crippen LogP contribution < -0.4 is 5.32 Å². The Morgan fingerprint density at radius 2 is 1.94 bits per heavy atom. The van der Waals surface area contributed by atoms with Crippen molar-refractivity contribution < 1.29 is 9.47 Å². The van der Waals surface area contributed by atoms with Gasteiger partial charge >= 0.3 is 0 Å². The van der Waals surface area contributed by atoms with Crippen LogP contribution in [0.25, 0.3) is 0 Å². The fourth-order valence-corrected chi connectivity index (χ4v) is 2.86. The van der Waals surface area contributed by atoms with Crippen LogP contribution in [0.1, 0.15) is 12.8 Å². The van der Waals surface area contributed by atoms with Gasteiger partial charge in [-0.05, 0) is 37.4 Å². The predicted octanol–water partition coefficient (Wildman–Crippen LogP) is 1.36. The van der Waals surface area contributed by atoms with Gasteiger partial charge in [0.05, 0.1) is 5.70 Å². The van der Waals surface area contributed by atoms with E-state index in [0.29, 0.717) is 5.92 Å². The Hall–Kier alpha value is -0.840. The van der Waals surface area contributed by atoms with E-state index in [1.807, 2.05) is 0 Å². The van der Waals surface area contributed by atoms with Gasteiger partial charge < -0.3 is 19.7 Å². The van der Waals surface area contributed by atoms with Gasteiger partial charge in [0, 0.05) is 27.8 Å². The molecule has 0 unspecified atom stereocenters. The Balaban J connectivity index is 2.28. The third-order valence-corrected chi connectivity index (χ3v) is 3.81. The summed E-state index contributed by atoms with van der Waals surface area (Å²) in [5, 5.41) is 3.41. The van der Waals surface area contributed by atoms with Crippen LogP contribution in [0.5, 0.6) is 0 Å². The van der Waals surface area contributed by atoms with E-state index in [2.05, 4.69) is 29.4 Å². The minimum absolute atomic E-state index is 0.259. The molecule has 0 aromatic rings. The van der Waals surface area contributed by atoms with Crippen LogP contribution in [-0.4, -0.2) is 52.1 Å². The van der Waals surface area contributed by atoms with Crippen molar-refractivity contribution >= 4 is 0 Å². The molecule has 0 aromatic carbocycles. The molecular formula is C14H24N2O2. The van der Waals surface area contributed by atoms with Crippen LogP contribution in [0.15, 0.2) is 23.4 Å². The number of nitrogens with zero attached hydrogens (tertiary/aromatic N) is 1. The van der Waals surface area contributed by atoms with E-state index in [4.69, 9.17) is 9.47 Å². The first-order chi connectivity index (χ1) is 8.77. The van der Waals surface area contributed by atoms with Crippen molar-refractivity contribution in [2.75, 3.05) is 40.9 Å². The fraction of sp³-hybridized carbons (Fsp3) is 0.714. The van der Waals surface area contributed by atoms with Crippen molar-refractivity contribution in [2.24, 2.45) is 5.92 Å². The molecule has 1 N–H and O–H groups in total. The lowest BCUT2D eigenvalue weighted by molar-refractivity contribution is -0.0888. The average molecular weight is 252 g/mol. The smallest absolute Gasteiger partial charge is 0.198 e. The van der Waals surface area contributed by atoms with E-state index in [1.54, 1.807) is 14.2 Å². The second-order valence-corrected chi connectivity index (χ2v) is 4.95. The highest BCUT2D eigenvalue weighted by Gasteiger charge is 2.27. The number of allylic oxidation sites excluding steroid dienone is 2.